The molecule has 0 fully saturated rings. The van der Waals surface area contributed by atoms with Crippen LogP contribution in [0.5, 0.6) is 17.4 Å². The van der Waals surface area contributed by atoms with Gasteiger partial charge in [0.2, 0.25) is 11.8 Å². The Kier molecular flexibility index (Phi) is 5.47. The molecule has 8 nitrogen and oxygen atoms in total. The summed E-state index contributed by atoms with van der Waals surface area (Å²) in [4.78, 5) is 21.9. The van der Waals surface area contributed by atoms with Gasteiger partial charge in [-0.3, -0.25) is 4.90 Å². The van der Waals surface area contributed by atoms with Gasteiger partial charge in [0.25, 0.3) is 0 Å². The molecule has 166 valence electrons. The molecule has 0 unspecified atom stereocenters. The summed E-state index contributed by atoms with van der Waals surface area (Å²) in [6, 6.07) is 9.42. The summed E-state index contributed by atoms with van der Waals surface area (Å²) in [7, 11) is 0. The third-order valence-electron chi connectivity index (χ3n) is 4.71. The predicted molar refractivity (Wildman–Crippen MR) is 111 cm³/mol. The minimum absolute atomic E-state index is 0.0438. The fraction of sp³-hybridized carbons (Fsp3) is 0.190. The number of aromatic nitrogens is 2. The van der Waals surface area contributed by atoms with E-state index in [2.05, 4.69) is 15.3 Å². The van der Waals surface area contributed by atoms with Gasteiger partial charge in [-0.1, -0.05) is 6.07 Å². The topological polar surface area (TPSA) is 103 Å². The zero-order chi connectivity index (χ0) is 22.9. The molecule has 2 amide bonds. The lowest BCUT2D eigenvalue weighted by Gasteiger charge is -2.30. The number of rotatable bonds is 3. The van der Waals surface area contributed by atoms with Gasteiger partial charge in [0, 0.05) is 24.0 Å². The van der Waals surface area contributed by atoms with Crippen LogP contribution in [0.3, 0.4) is 0 Å². The number of aryl methyl sites for hydroxylation is 1. The van der Waals surface area contributed by atoms with Crippen molar-refractivity contribution in [2.45, 2.75) is 13.1 Å². The lowest BCUT2D eigenvalue weighted by atomic mass is 10.1. The summed E-state index contributed by atoms with van der Waals surface area (Å²) >= 11 is 0. The number of carbonyl (C=O) groups excluding carboxylic acids is 1. The third-order valence-corrected chi connectivity index (χ3v) is 4.71. The first kappa shape index (κ1) is 21.2. The van der Waals surface area contributed by atoms with Crippen LogP contribution < -0.4 is 25.4 Å². The molecule has 1 aromatic heterocycles. The molecule has 1 aliphatic heterocycles. The number of alkyl halides is 3. The van der Waals surface area contributed by atoms with Crippen LogP contribution in [0.4, 0.5) is 35.3 Å². The van der Waals surface area contributed by atoms with E-state index >= 15 is 0 Å². The standard InChI is InChI=1S/C21H18F3N5O3/c1-12-2-3-13(10-15(12)21(22,23)24)27-20(30)29-8-9-31-17-11-14(4-5-16(17)29)32-18-6-7-26-19(25)28-18/h2-7,10-11H,8-9H2,1H3,(H,27,30)(H2,25,26,28). The molecular weight excluding hydrogens is 427 g/mol. The zero-order valence-corrected chi connectivity index (χ0v) is 16.8. The van der Waals surface area contributed by atoms with Crippen molar-refractivity contribution in [3.05, 3.63) is 59.8 Å². The number of urea groups is 1. The van der Waals surface area contributed by atoms with Gasteiger partial charge in [0.1, 0.15) is 18.1 Å². The Balaban J connectivity index is 1.53. The molecule has 3 aromatic rings. The smallest absolute Gasteiger partial charge is 0.416 e. The van der Waals surface area contributed by atoms with Crippen LogP contribution in [0, 0.1) is 6.92 Å². The SMILES string of the molecule is Cc1ccc(NC(=O)N2CCOc3cc(Oc4ccnc(N)n4)ccc32)cc1C(F)(F)F. The highest BCUT2D eigenvalue weighted by Gasteiger charge is 2.33. The summed E-state index contributed by atoms with van der Waals surface area (Å²) in [5.41, 5.74) is 5.31. The molecule has 11 heteroatoms. The predicted octanol–water partition coefficient (Wildman–Crippen LogP) is 4.61. The number of ether oxygens (including phenoxy) is 2. The zero-order valence-electron chi connectivity index (χ0n) is 16.8. The largest absolute Gasteiger partial charge is 0.489 e. The number of fused-ring (bicyclic) bond motifs is 1. The Labute approximate surface area is 180 Å². The number of anilines is 3. The molecular formula is C21H18F3N5O3. The van der Waals surface area contributed by atoms with Crippen molar-refractivity contribution < 1.29 is 27.4 Å². The summed E-state index contributed by atoms with van der Waals surface area (Å²) < 4.78 is 50.8. The molecule has 0 aliphatic carbocycles. The van der Waals surface area contributed by atoms with Crippen molar-refractivity contribution >= 4 is 23.4 Å². The van der Waals surface area contributed by atoms with Crippen molar-refractivity contribution in [3.63, 3.8) is 0 Å². The number of benzene rings is 2. The van der Waals surface area contributed by atoms with Crippen LogP contribution in [0.15, 0.2) is 48.7 Å². The van der Waals surface area contributed by atoms with Gasteiger partial charge in [-0.25, -0.2) is 9.78 Å². The van der Waals surface area contributed by atoms with Crippen molar-refractivity contribution in [1.29, 1.82) is 0 Å². The molecule has 1 aliphatic rings. The van der Waals surface area contributed by atoms with Crippen LogP contribution in [-0.4, -0.2) is 29.2 Å². The summed E-state index contributed by atoms with van der Waals surface area (Å²) in [5, 5.41) is 2.52. The number of hydrogen-bond acceptors (Lipinski definition) is 6. The highest BCUT2D eigenvalue weighted by Crippen LogP contribution is 2.37. The van der Waals surface area contributed by atoms with Crippen LogP contribution in [-0.2, 0) is 6.18 Å². The second-order valence-electron chi connectivity index (χ2n) is 6.94. The number of nitrogen functional groups attached to an aromatic ring is 1. The Hall–Kier alpha value is -4.02. The second-order valence-corrected chi connectivity index (χ2v) is 6.94. The van der Waals surface area contributed by atoms with Gasteiger partial charge in [0.05, 0.1) is 17.8 Å². The average molecular weight is 445 g/mol. The maximum absolute atomic E-state index is 13.2. The molecule has 0 atom stereocenters. The number of carbonyl (C=O) groups is 1. The molecule has 0 saturated heterocycles. The summed E-state index contributed by atoms with van der Waals surface area (Å²) in [6.07, 6.45) is -3.06. The second kappa shape index (κ2) is 8.25. The molecule has 32 heavy (non-hydrogen) atoms. The first-order valence-corrected chi connectivity index (χ1v) is 9.50. The first-order valence-electron chi connectivity index (χ1n) is 9.50. The highest BCUT2D eigenvalue weighted by molar-refractivity contribution is 6.03. The van der Waals surface area contributed by atoms with Gasteiger partial charge in [0.15, 0.2) is 0 Å². The van der Waals surface area contributed by atoms with Gasteiger partial charge < -0.3 is 20.5 Å². The van der Waals surface area contributed by atoms with Crippen molar-refractivity contribution in [2.75, 3.05) is 29.1 Å². The Bertz CT molecular complexity index is 1170. The van der Waals surface area contributed by atoms with Crippen LogP contribution in [0.1, 0.15) is 11.1 Å². The fourth-order valence-corrected chi connectivity index (χ4v) is 3.20. The molecule has 4 rings (SSSR count). The number of amides is 2. The molecule has 0 saturated carbocycles. The monoisotopic (exact) mass is 445 g/mol. The van der Waals surface area contributed by atoms with E-state index in [4.69, 9.17) is 15.2 Å². The number of halogens is 3. The van der Waals surface area contributed by atoms with E-state index in [1.807, 2.05) is 0 Å². The summed E-state index contributed by atoms with van der Waals surface area (Å²) in [5.74, 6) is 1.08. The lowest BCUT2D eigenvalue weighted by Crippen LogP contribution is -2.40. The molecule has 0 spiro atoms. The average Bonchev–Trinajstić information content (AvgIpc) is 2.73. The number of nitrogens with one attached hydrogen (secondary N) is 1. The van der Waals surface area contributed by atoms with E-state index in [0.717, 1.165) is 6.07 Å². The van der Waals surface area contributed by atoms with Crippen molar-refractivity contribution in [1.82, 2.24) is 9.97 Å². The van der Waals surface area contributed by atoms with E-state index in [-0.39, 0.29) is 36.2 Å². The van der Waals surface area contributed by atoms with Gasteiger partial charge in [-0.15, -0.1) is 0 Å². The van der Waals surface area contributed by atoms with Crippen LogP contribution >= 0.6 is 0 Å². The van der Waals surface area contributed by atoms with Crippen molar-refractivity contribution in [3.8, 4) is 17.4 Å². The Morgan fingerprint density at radius 1 is 1.22 bits per heavy atom. The van der Waals surface area contributed by atoms with Crippen LogP contribution in [0.2, 0.25) is 0 Å². The quantitative estimate of drug-likeness (QED) is 0.611. The fourth-order valence-electron chi connectivity index (χ4n) is 3.20. The van der Waals surface area contributed by atoms with Crippen molar-refractivity contribution in [2.24, 2.45) is 0 Å². The third kappa shape index (κ3) is 4.51. The highest BCUT2D eigenvalue weighted by atomic mass is 19.4. The van der Waals surface area contributed by atoms with E-state index in [9.17, 15) is 18.0 Å². The van der Waals surface area contributed by atoms with Gasteiger partial charge in [-0.05, 0) is 36.8 Å². The number of nitrogens with zero attached hydrogens (tertiary/aromatic N) is 3. The normalized spacial score (nSPS) is 13.2. The minimum atomic E-state index is -4.51. The Morgan fingerprint density at radius 3 is 2.78 bits per heavy atom. The maximum atomic E-state index is 13.2. The molecule has 3 N–H and O–H groups in total. The number of nitrogens with two attached hydrogens (primary N) is 1. The molecule has 2 aromatic carbocycles. The maximum Gasteiger partial charge on any atom is 0.416 e. The van der Waals surface area contributed by atoms with Gasteiger partial charge in [-0.2, -0.15) is 18.2 Å². The van der Waals surface area contributed by atoms with Gasteiger partial charge >= 0.3 is 12.2 Å². The van der Waals surface area contributed by atoms with E-state index < -0.39 is 17.8 Å². The summed E-state index contributed by atoms with van der Waals surface area (Å²) in [6.45, 7) is 1.79. The minimum Gasteiger partial charge on any atom is -0.489 e. The Morgan fingerprint density at radius 2 is 2.03 bits per heavy atom. The molecule has 0 bridgehead atoms. The first-order chi connectivity index (χ1) is 15.2. The molecule has 2 heterocycles. The lowest BCUT2D eigenvalue weighted by molar-refractivity contribution is -0.138. The van der Waals surface area contributed by atoms with E-state index in [1.54, 1.807) is 18.2 Å². The van der Waals surface area contributed by atoms with E-state index in [0.29, 0.717) is 17.2 Å². The molecule has 0 radical (unpaired) electrons. The number of hydrogen-bond donors (Lipinski definition) is 2. The van der Waals surface area contributed by atoms with Crippen LogP contribution in [0.25, 0.3) is 0 Å². The van der Waals surface area contributed by atoms with E-state index in [1.165, 1.54) is 36.2 Å².